The quantitative estimate of drug-likeness (QED) is 0.165. The maximum absolute atomic E-state index is 5.05. The first-order valence-corrected chi connectivity index (χ1v) is 23.0. The van der Waals surface area contributed by atoms with E-state index in [2.05, 4.69) is 213 Å². The van der Waals surface area contributed by atoms with Gasteiger partial charge in [-0.05, 0) is 157 Å². The number of benzene rings is 8. The van der Waals surface area contributed by atoms with Gasteiger partial charge in [-0.3, -0.25) is 9.98 Å². The summed E-state index contributed by atoms with van der Waals surface area (Å²) in [5.41, 5.74) is 23.5. The number of aromatic nitrogens is 1. The van der Waals surface area contributed by atoms with E-state index < -0.39 is 5.54 Å². The third kappa shape index (κ3) is 5.74. The fourth-order valence-electron chi connectivity index (χ4n) is 11.6. The number of para-hydroxylation sites is 1. The van der Waals surface area contributed by atoms with Gasteiger partial charge in [0.2, 0.25) is 0 Å². The summed E-state index contributed by atoms with van der Waals surface area (Å²) in [6, 6.07) is 63.7. The molecule has 0 saturated carbocycles. The van der Waals surface area contributed by atoms with Gasteiger partial charge in [0.1, 0.15) is 11.6 Å². The van der Waals surface area contributed by atoms with E-state index >= 15 is 0 Å². The van der Waals surface area contributed by atoms with Crippen LogP contribution in [0.1, 0.15) is 61.9 Å². The molecule has 1 aromatic heterocycles. The average Bonchev–Trinajstić information content (AvgIpc) is 3.81. The summed E-state index contributed by atoms with van der Waals surface area (Å²) in [4.78, 5) is 9.98. The summed E-state index contributed by atoms with van der Waals surface area (Å²) in [6.45, 7) is 7.01. The molecular weight excluding hydrogens is 787 g/mol. The van der Waals surface area contributed by atoms with Crippen LogP contribution < -0.4 is 0 Å². The van der Waals surface area contributed by atoms with Crippen LogP contribution in [0.3, 0.4) is 0 Å². The van der Waals surface area contributed by atoms with Gasteiger partial charge < -0.3 is 4.57 Å². The van der Waals surface area contributed by atoms with Crippen LogP contribution in [0.5, 0.6) is 0 Å². The molecule has 2 unspecified atom stereocenters. The molecule has 0 radical (unpaired) electrons. The fourth-order valence-corrected chi connectivity index (χ4v) is 11.6. The average molecular weight is 834 g/mol. The van der Waals surface area contributed by atoms with Gasteiger partial charge in [0.25, 0.3) is 0 Å². The van der Waals surface area contributed by atoms with Gasteiger partial charge in [-0.1, -0.05) is 153 Å². The molecule has 310 valence electrons. The van der Waals surface area contributed by atoms with Crippen molar-refractivity contribution in [3.05, 3.63) is 210 Å². The molecule has 2 heterocycles. The topological polar surface area (TPSA) is 29.6 Å². The van der Waals surface area contributed by atoms with Crippen LogP contribution in [-0.4, -0.2) is 17.0 Å². The minimum atomic E-state index is -0.447. The molecule has 13 rings (SSSR count). The maximum atomic E-state index is 5.05. The van der Waals surface area contributed by atoms with Crippen molar-refractivity contribution in [1.29, 1.82) is 0 Å². The Kier molecular flexibility index (Phi) is 8.27. The van der Waals surface area contributed by atoms with Gasteiger partial charge >= 0.3 is 0 Å². The van der Waals surface area contributed by atoms with Crippen LogP contribution in [0.2, 0.25) is 0 Å². The zero-order chi connectivity index (χ0) is 43.4. The van der Waals surface area contributed by atoms with Gasteiger partial charge in [0, 0.05) is 34.3 Å². The van der Waals surface area contributed by atoms with Gasteiger partial charge in [-0.25, -0.2) is 0 Å². The molecule has 65 heavy (non-hydrogen) atoms. The molecule has 1 aliphatic heterocycles. The number of fused-ring (bicyclic) bond motifs is 12. The number of allylic oxidation sites excluding steroid dienone is 4. The van der Waals surface area contributed by atoms with E-state index in [0.717, 1.165) is 12.8 Å². The van der Waals surface area contributed by atoms with Crippen molar-refractivity contribution in [3.8, 4) is 66.8 Å². The molecule has 0 fully saturated rings. The first-order valence-electron chi connectivity index (χ1n) is 23.0. The van der Waals surface area contributed by atoms with Crippen LogP contribution in [-0.2, 0) is 11.0 Å². The molecule has 3 heteroatoms. The highest BCUT2D eigenvalue weighted by atomic mass is 15.0. The highest BCUT2D eigenvalue weighted by molar-refractivity contribution is 6.17. The normalized spacial score (nSPS) is 18.5. The predicted octanol–water partition coefficient (Wildman–Crippen LogP) is 16.1. The lowest BCUT2D eigenvalue weighted by molar-refractivity contribution is 0.398. The van der Waals surface area contributed by atoms with E-state index in [1.807, 2.05) is 12.4 Å². The maximum Gasteiger partial charge on any atom is 0.110 e. The van der Waals surface area contributed by atoms with Crippen molar-refractivity contribution in [2.75, 3.05) is 0 Å². The van der Waals surface area contributed by atoms with Crippen LogP contribution in [0.4, 0.5) is 0 Å². The Bertz CT molecular complexity index is 3590. The predicted molar refractivity (Wildman–Crippen MR) is 274 cm³/mol. The second kappa shape index (κ2) is 14.2. The van der Waals surface area contributed by atoms with Crippen LogP contribution >= 0.6 is 0 Å². The summed E-state index contributed by atoms with van der Waals surface area (Å²) in [5.74, 6) is 0. The molecule has 0 N–H and O–H groups in total. The summed E-state index contributed by atoms with van der Waals surface area (Å²) >= 11 is 0. The Morgan fingerprint density at radius 3 is 1.77 bits per heavy atom. The minimum Gasteiger partial charge on any atom is -0.313 e. The van der Waals surface area contributed by atoms with E-state index in [0.29, 0.717) is 0 Å². The monoisotopic (exact) mass is 833 g/mol. The van der Waals surface area contributed by atoms with E-state index in [4.69, 9.17) is 9.98 Å². The van der Waals surface area contributed by atoms with Crippen molar-refractivity contribution in [1.82, 2.24) is 4.57 Å². The minimum absolute atomic E-state index is 0.0316. The molecule has 9 aromatic rings. The lowest BCUT2D eigenvalue weighted by Gasteiger charge is -2.40. The Labute approximate surface area is 380 Å². The Morgan fingerprint density at radius 1 is 0.477 bits per heavy atom. The summed E-state index contributed by atoms with van der Waals surface area (Å²) < 4.78 is 2.47. The highest BCUT2D eigenvalue weighted by Crippen LogP contribution is 2.54. The van der Waals surface area contributed by atoms with E-state index in [1.165, 1.54) is 117 Å². The van der Waals surface area contributed by atoms with Crippen molar-refractivity contribution < 1.29 is 0 Å². The molecule has 2 atom stereocenters. The molecule has 3 nitrogen and oxygen atoms in total. The Morgan fingerprint density at radius 2 is 1.05 bits per heavy atom. The van der Waals surface area contributed by atoms with E-state index in [-0.39, 0.29) is 11.5 Å². The second-order valence-corrected chi connectivity index (χ2v) is 19.0. The largest absolute Gasteiger partial charge is 0.313 e. The number of hydrogen-bond donors (Lipinski definition) is 0. The molecule has 8 aromatic carbocycles. The number of rotatable bonds is 5. The van der Waals surface area contributed by atoms with E-state index in [9.17, 15) is 0 Å². The molecular formula is C62H47N3. The molecule has 3 aliphatic carbocycles. The third-order valence-electron chi connectivity index (χ3n) is 15.0. The summed E-state index contributed by atoms with van der Waals surface area (Å²) in [7, 11) is 0. The molecule has 0 amide bonds. The zero-order valence-electron chi connectivity index (χ0n) is 36.9. The standard InChI is InChI=1S/C62H47N3/c1-61(2)55-36-45(25-29-50(55)51-30-26-46(37-56(51)61)43-27-31-59-54(35-43)52-17-9-10-19-58(52)65(59)47-14-5-4-6-15-47)42-13-11-12-41(34-42)39-20-22-40(23-21-39)44-24-28-49-48-16-7-8-18-53(48)60-62(3,57(49)38-44)64-33-32-63-60/h4-5,7-14,16-38,60H,6,15H2,1-3H3. The van der Waals surface area contributed by atoms with Crippen LogP contribution in [0.25, 0.3) is 94.3 Å². The zero-order valence-corrected chi connectivity index (χ0v) is 36.9. The first-order chi connectivity index (χ1) is 31.8. The van der Waals surface area contributed by atoms with Gasteiger partial charge in [0.05, 0.1) is 11.0 Å². The summed E-state index contributed by atoms with van der Waals surface area (Å²) in [5, 5.41) is 2.61. The van der Waals surface area contributed by atoms with Gasteiger partial charge in [-0.15, -0.1) is 0 Å². The second-order valence-electron chi connectivity index (χ2n) is 19.0. The Hall–Kier alpha value is -7.62. The van der Waals surface area contributed by atoms with Crippen molar-refractivity contribution in [3.63, 3.8) is 0 Å². The third-order valence-corrected chi connectivity index (χ3v) is 15.0. The molecule has 0 saturated heterocycles. The van der Waals surface area contributed by atoms with Gasteiger partial charge in [-0.2, -0.15) is 0 Å². The SMILES string of the molecule is CC1(C)c2cc(-c3cccc(-c4ccc(-c5ccc6c(c5)C5(C)N=CC=NC5c5ccccc5-6)cc4)c3)ccc2-c2ccc(-c3ccc4c(c3)c3ccccc3n4C3=CC=CCC3)cc21. The van der Waals surface area contributed by atoms with Crippen molar-refractivity contribution >= 4 is 39.9 Å². The number of hydrogen-bond acceptors (Lipinski definition) is 2. The number of nitrogens with zero attached hydrogens (tertiary/aromatic N) is 3. The van der Waals surface area contributed by atoms with Gasteiger partial charge in [0.15, 0.2) is 0 Å². The van der Waals surface area contributed by atoms with Crippen LogP contribution in [0.15, 0.2) is 198 Å². The lowest BCUT2D eigenvalue weighted by atomic mass is 9.70. The first kappa shape index (κ1) is 37.9. The fraction of sp³-hybridized carbons (Fsp3) is 0.129. The smallest absolute Gasteiger partial charge is 0.110 e. The molecule has 4 aliphatic rings. The highest BCUT2D eigenvalue weighted by Gasteiger charge is 2.44. The van der Waals surface area contributed by atoms with Crippen molar-refractivity contribution in [2.45, 2.75) is 50.6 Å². The van der Waals surface area contributed by atoms with E-state index in [1.54, 1.807) is 0 Å². The van der Waals surface area contributed by atoms with Crippen LogP contribution in [0, 0.1) is 0 Å². The lowest BCUT2D eigenvalue weighted by Crippen LogP contribution is -2.33. The molecule has 0 spiro atoms. The molecule has 0 bridgehead atoms. The number of aliphatic imine (C=N–C) groups is 2. The van der Waals surface area contributed by atoms with Crippen molar-refractivity contribution in [2.24, 2.45) is 9.98 Å². The Balaban J connectivity index is 0.796. The summed E-state index contributed by atoms with van der Waals surface area (Å²) in [6.07, 6.45) is 12.6.